The Balaban J connectivity index is 1.38. The maximum atomic E-state index is 13.3. The Kier molecular flexibility index (Phi) is 7.58. The number of nitrogens with zero attached hydrogens (tertiary/aromatic N) is 1. The van der Waals surface area contributed by atoms with E-state index in [4.69, 9.17) is 14.0 Å². The molecule has 3 aromatic carbocycles. The summed E-state index contributed by atoms with van der Waals surface area (Å²) >= 11 is 0. The molecule has 0 saturated carbocycles. The van der Waals surface area contributed by atoms with Gasteiger partial charge in [0.25, 0.3) is 0 Å². The fourth-order valence-electron chi connectivity index (χ4n) is 4.00. The van der Waals surface area contributed by atoms with E-state index in [2.05, 4.69) is 12.1 Å². The van der Waals surface area contributed by atoms with Crippen molar-refractivity contribution in [3.05, 3.63) is 77.6 Å². The minimum Gasteiger partial charge on any atom is -0.493 e. The van der Waals surface area contributed by atoms with Crippen molar-refractivity contribution in [1.29, 1.82) is 0 Å². The van der Waals surface area contributed by atoms with Crippen LogP contribution in [0.25, 0.3) is 22.2 Å². The van der Waals surface area contributed by atoms with Crippen molar-refractivity contribution < 1.29 is 28.3 Å². The van der Waals surface area contributed by atoms with Crippen LogP contribution in [-0.4, -0.2) is 29.4 Å². The van der Waals surface area contributed by atoms with Gasteiger partial charge >= 0.3 is 5.97 Å². The Bertz CT molecular complexity index is 1330. The van der Waals surface area contributed by atoms with Crippen molar-refractivity contribution >= 4 is 16.9 Å². The summed E-state index contributed by atoms with van der Waals surface area (Å²) in [5.41, 5.74) is 2.90. The van der Waals surface area contributed by atoms with Gasteiger partial charge in [0.2, 0.25) is 0 Å². The monoisotopic (exact) mass is 491 g/mol. The zero-order valence-corrected chi connectivity index (χ0v) is 20.7. The Morgan fingerprint density at radius 2 is 1.69 bits per heavy atom. The second kappa shape index (κ2) is 10.8. The lowest BCUT2D eigenvalue weighted by Gasteiger charge is -2.19. The number of rotatable bonds is 11. The first kappa shape index (κ1) is 25.2. The summed E-state index contributed by atoms with van der Waals surface area (Å²) in [6, 6.07) is 17.2. The van der Waals surface area contributed by atoms with Crippen LogP contribution in [0, 0.1) is 5.82 Å². The average Bonchev–Trinajstić information content (AvgIpc) is 3.30. The molecule has 188 valence electrons. The number of fused-ring (bicyclic) bond motifs is 1. The number of aryl methyl sites for hydroxylation is 1. The molecule has 4 rings (SSSR count). The van der Waals surface area contributed by atoms with Gasteiger partial charge in [0.15, 0.2) is 5.58 Å². The van der Waals surface area contributed by atoms with Gasteiger partial charge in [-0.25, -0.2) is 4.39 Å². The number of hydrogen-bond acceptors (Lipinski definition) is 5. The standard InChI is InChI=1S/C29H30FNO5/c1-4-6-23-25(16-15-24-26(31-36-27(23)24)19-7-11-21(30)12-8-19)35-18-5-17-34-22-13-9-20(10-14-22)29(2,3)28(32)33/h7-16H,4-6,17-18H2,1-3H3,(H,32,33). The fourth-order valence-corrected chi connectivity index (χ4v) is 4.00. The second-order valence-corrected chi connectivity index (χ2v) is 9.21. The zero-order chi connectivity index (χ0) is 25.7. The summed E-state index contributed by atoms with van der Waals surface area (Å²) in [5, 5.41) is 14.5. The highest BCUT2D eigenvalue weighted by Crippen LogP contribution is 2.35. The molecule has 1 aromatic heterocycles. The van der Waals surface area contributed by atoms with E-state index in [1.807, 2.05) is 12.1 Å². The van der Waals surface area contributed by atoms with Gasteiger partial charge in [-0.2, -0.15) is 0 Å². The summed E-state index contributed by atoms with van der Waals surface area (Å²) < 4.78 is 30.9. The summed E-state index contributed by atoms with van der Waals surface area (Å²) in [6.07, 6.45) is 2.36. The predicted octanol–water partition coefficient (Wildman–Crippen LogP) is 6.80. The summed E-state index contributed by atoms with van der Waals surface area (Å²) in [6.45, 7) is 6.37. The fraction of sp³-hybridized carbons (Fsp3) is 0.310. The smallest absolute Gasteiger partial charge is 0.313 e. The first-order valence-electron chi connectivity index (χ1n) is 12.1. The van der Waals surface area contributed by atoms with Crippen LogP contribution < -0.4 is 9.47 Å². The Labute approximate surface area is 209 Å². The molecule has 0 radical (unpaired) electrons. The lowest BCUT2D eigenvalue weighted by molar-refractivity contribution is -0.142. The van der Waals surface area contributed by atoms with Gasteiger partial charge in [-0.1, -0.05) is 30.6 Å². The van der Waals surface area contributed by atoms with E-state index in [-0.39, 0.29) is 5.82 Å². The number of carbonyl (C=O) groups is 1. The molecule has 1 heterocycles. The van der Waals surface area contributed by atoms with Crippen molar-refractivity contribution in [1.82, 2.24) is 5.16 Å². The van der Waals surface area contributed by atoms with Crippen molar-refractivity contribution in [3.63, 3.8) is 0 Å². The largest absolute Gasteiger partial charge is 0.493 e. The summed E-state index contributed by atoms with van der Waals surface area (Å²) in [5.74, 6) is 0.275. The highest BCUT2D eigenvalue weighted by Gasteiger charge is 2.29. The number of benzene rings is 3. The molecule has 7 heteroatoms. The number of carboxylic acids is 1. The molecule has 0 aliphatic carbocycles. The normalized spacial score (nSPS) is 11.6. The number of aromatic nitrogens is 1. The first-order valence-corrected chi connectivity index (χ1v) is 12.1. The molecular weight excluding hydrogens is 461 g/mol. The molecule has 0 spiro atoms. The van der Waals surface area contributed by atoms with E-state index >= 15 is 0 Å². The molecule has 0 unspecified atom stereocenters. The van der Waals surface area contributed by atoms with Crippen LogP contribution in [0.15, 0.2) is 65.2 Å². The van der Waals surface area contributed by atoms with E-state index < -0.39 is 11.4 Å². The third-order valence-electron chi connectivity index (χ3n) is 6.24. The number of aliphatic carboxylic acids is 1. The van der Waals surface area contributed by atoms with Gasteiger partial charge in [0, 0.05) is 17.5 Å². The van der Waals surface area contributed by atoms with Crippen LogP contribution in [0.3, 0.4) is 0 Å². The predicted molar refractivity (Wildman–Crippen MR) is 136 cm³/mol. The van der Waals surface area contributed by atoms with Gasteiger partial charge in [0.05, 0.1) is 24.0 Å². The average molecular weight is 492 g/mol. The lowest BCUT2D eigenvalue weighted by atomic mass is 9.85. The highest BCUT2D eigenvalue weighted by atomic mass is 19.1. The van der Waals surface area contributed by atoms with Gasteiger partial charge in [-0.3, -0.25) is 4.79 Å². The summed E-state index contributed by atoms with van der Waals surface area (Å²) in [7, 11) is 0. The number of ether oxygens (including phenoxy) is 2. The van der Waals surface area contributed by atoms with E-state index in [9.17, 15) is 14.3 Å². The van der Waals surface area contributed by atoms with Crippen LogP contribution in [0.1, 0.15) is 44.7 Å². The quantitative estimate of drug-likeness (QED) is 0.233. The molecule has 0 aliphatic rings. The Morgan fingerprint density at radius 3 is 2.36 bits per heavy atom. The second-order valence-electron chi connectivity index (χ2n) is 9.21. The molecule has 1 N–H and O–H groups in total. The van der Waals surface area contributed by atoms with E-state index in [1.165, 1.54) is 12.1 Å². The molecule has 36 heavy (non-hydrogen) atoms. The van der Waals surface area contributed by atoms with E-state index in [1.54, 1.807) is 50.2 Å². The molecule has 0 fully saturated rings. The molecule has 0 saturated heterocycles. The van der Waals surface area contributed by atoms with Crippen molar-refractivity contribution in [2.24, 2.45) is 0 Å². The number of carboxylic acid groups (broad SMARTS) is 1. The van der Waals surface area contributed by atoms with Crippen molar-refractivity contribution in [2.45, 2.75) is 45.4 Å². The maximum absolute atomic E-state index is 13.3. The lowest BCUT2D eigenvalue weighted by Crippen LogP contribution is -2.28. The van der Waals surface area contributed by atoms with Crippen LogP contribution in [0.2, 0.25) is 0 Å². The Morgan fingerprint density at radius 1 is 1.00 bits per heavy atom. The molecule has 0 amide bonds. The molecular formula is C29H30FNO5. The highest BCUT2D eigenvalue weighted by molar-refractivity contribution is 5.94. The van der Waals surface area contributed by atoms with E-state index in [0.29, 0.717) is 36.7 Å². The zero-order valence-electron chi connectivity index (χ0n) is 20.7. The van der Waals surface area contributed by atoms with Crippen LogP contribution >= 0.6 is 0 Å². The van der Waals surface area contributed by atoms with Gasteiger partial charge in [-0.15, -0.1) is 0 Å². The number of halogens is 1. The minimum atomic E-state index is -0.951. The molecule has 0 bridgehead atoms. The van der Waals surface area contributed by atoms with Crippen molar-refractivity contribution in [2.75, 3.05) is 13.2 Å². The molecule has 0 atom stereocenters. The van der Waals surface area contributed by atoms with Crippen LogP contribution in [-0.2, 0) is 16.6 Å². The van der Waals surface area contributed by atoms with Crippen LogP contribution in [0.4, 0.5) is 4.39 Å². The van der Waals surface area contributed by atoms with Gasteiger partial charge in [0.1, 0.15) is 23.0 Å². The van der Waals surface area contributed by atoms with E-state index in [0.717, 1.165) is 40.7 Å². The molecule has 6 nitrogen and oxygen atoms in total. The molecule has 4 aromatic rings. The Hall–Kier alpha value is -3.87. The summed E-state index contributed by atoms with van der Waals surface area (Å²) in [4.78, 5) is 11.4. The van der Waals surface area contributed by atoms with Gasteiger partial charge < -0.3 is 19.1 Å². The minimum absolute atomic E-state index is 0.294. The van der Waals surface area contributed by atoms with Gasteiger partial charge in [-0.05, 0) is 74.4 Å². The van der Waals surface area contributed by atoms with Crippen molar-refractivity contribution in [3.8, 4) is 22.8 Å². The topological polar surface area (TPSA) is 81.8 Å². The number of hydrogen-bond donors (Lipinski definition) is 1. The maximum Gasteiger partial charge on any atom is 0.313 e. The third-order valence-corrected chi connectivity index (χ3v) is 6.24. The third kappa shape index (κ3) is 5.35. The van der Waals surface area contributed by atoms with Crippen LogP contribution in [0.5, 0.6) is 11.5 Å². The first-order chi connectivity index (χ1) is 17.3. The SMILES string of the molecule is CCCc1c(OCCCOc2ccc(C(C)(C)C(=O)O)cc2)ccc2c(-c3ccc(F)cc3)noc12. The molecule has 0 aliphatic heterocycles.